The number of carbonyl (C=O) groups is 2. The van der Waals surface area contributed by atoms with Crippen molar-refractivity contribution in [3.05, 3.63) is 24.3 Å². The lowest BCUT2D eigenvalue weighted by atomic mass is 10.1. The molecule has 1 atom stereocenters. The fourth-order valence-corrected chi connectivity index (χ4v) is 3.33. The Kier molecular flexibility index (Phi) is 7.78. The monoisotopic (exact) mass is 364 g/mol. The Balaban J connectivity index is 1.79. The molecule has 1 aromatic carbocycles. The number of fused-ring (bicyclic) bond motifs is 1. The molecular weight excluding hydrogens is 340 g/mol. The first-order valence-corrected chi connectivity index (χ1v) is 9.54. The molecule has 25 heavy (non-hydrogen) atoms. The van der Waals surface area contributed by atoms with Crippen molar-refractivity contribution in [3.63, 3.8) is 0 Å². The second-order valence-electron chi connectivity index (χ2n) is 5.89. The minimum absolute atomic E-state index is 0.115. The van der Waals surface area contributed by atoms with Gasteiger partial charge in [0.25, 0.3) is 0 Å². The highest BCUT2D eigenvalue weighted by atomic mass is 32.2. The fourth-order valence-electron chi connectivity index (χ4n) is 2.37. The maximum absolute atomic E-state index is 11.8. The van der Waals surface area contributed by atoms with Crippen LogP contribution in [0.4, 0.5) is 0 Å². The van der Waals surface area contributed by atoms with Crippen LogP contribution in [-0.4, -0.2) is 39.4 Å². The average molecular weight is 364 g/mol. The maximum Gasteiger partial charge on any atom is 0.307 e. The summed E-state index contributed by atoms with van der Waals surface area (Å²) >= 11 is 1.30. The smallest absolute Gasteiger partial charge is 0.307 e. The second-order valence-corrected chi connectivity index (χ2v) is 6.90. The standard InChI is InChI=1S/C18H24N2O4S/c1-2-3-4-7-10-24-16(21)11-13(17(22)23)12-25-18-19-14-8-5-6-9-15(14)20-18/h5-6,8-9,13H,2-4,7,10-12H2,1H3,(H,19,20)(H,22,23). The molecular formula is C18H24N2O4S. The number of hydrogen-bond donors (Lipinski definition) is 2. The summed E-state index contributed by atoms with van der Waals surface area (Å²) in [7, 11) is 0. The molecule has 0 aliphatic heterocycles. The van der Waals surface area contributed by atoms with E-state index in [-0.39, 0.29) is 12.2 Å². The zero-order chi connectivity index (χ0) is 18.1. The third-order valence-electron chi connectivity index (χ3n) is 3.81. The lowest BCUT2D eigenvalue weighted by Crippen LogP contribution is -2.22. The number of imidazole rings is 1. The van der Waals surface area contributed by atoms with Crippen molar-refractivity contribution in [3.8, 4) is 0 Å². The van der Waals surface area contributed by atoms with E-state index in [1.807, 2.05) is 24.3 Å². The number of rotatable bonds is 11. The van der Waals surface area contributed by atoms with Crippen molar-refractivity contribution >= 4 is 34.7 Å². The highest BCUT2D eigenvalue weighted by molar-refractivity contribution is 7.99. The third kappa shape index (κ3) is 6.42. The molecule has 0 spiro atoms. The summed E-state index contributed by atoms with van der Waals surface area (Å²) in [6.07, 6.45) is 3.97. The summed E-state index contributed by atoms with van der Waals surface area (Å²) in [5.41, 5.74) is 1.74. The van der Waals surface area contributed by atoms with Crippen LogP contribution in [-0.2, 0) is 14.3 Å². The molecule has 7 heteroatoms. The number of H-pyrrole nitrogens is 1. The van der Waals surface area contributed by atoms with Gasteiger partial charge in [0.15, 0.2) is 5.16 Å². The Hall–Kier alpha value is -2.02. The highest BCUT2D eigenvalue weighted by Gasteiger charge is 2.23. The molecule has 2 N–H and O–H groups in total. The number of aromatic nitrogens is 2. The van der Waals surface area contributed by atoms with Crippen LogP contribution in [0.5, 0.6) is 0 Å². The van der Waals surface area contributed by atoms with Crippen LogP contribution in [0.1, 0.15) is 39.0 Å². The first kappa shape index (κ1) is 19.3. The number of carboxylic acids is 1. The number of hydrogen-bond acceptors (Lipinski definition) is 5. The van der Waals surface area contributed by atoms with Crippen LogP contribution in [0, 0.1) is 5.92 Å². The zero-order valence-corrected chi connectivity index (χ0v) is 15.2. The van der Waals surface area contributed by atoms with E-state index in [0.29, 0.717) is 11.8 Å². The van der Waals surface area contributed by atoms with Gasteiger partial charge in [0, 0.05) is 5.75 Å². The lowest BCUT2D eigenvalue weighted by molar-refractivity contribution is -0.150. The highest BCUT2D eigenvalue weighted by Crippen LogP contribution is 2.23. The molecule has 0 saturated carbocycles. The van der Waals surface area contributed by atoms with Gasteiger partial charge in [-0.2, -0.15) is 0 Å². The summed E-state index contributed by atoms with van der Waals surface area (Å²) in [6.45, 7) is 2.48. The number of esters is 1. The molecule has 0 radical (unpaired) electrons. The number of thioether (sulfide) groups is 1. The van der Waals surface area contributed by atoms with Gasteiger partial charge in [-0.15, -0.1) is 0 Å². The normalized spacial score (nSPS) is 12.2. The molecule has 0 saturated heterocycles. The average Bonchev–Trinajstić information content (AvgIpc) is 3.01. The fraction of sp³-hybridized carbons (Fsp3) is 0.500. The van der Waals surface area contributed by atoms with Gasteiger partial charge in [-0.05, 0) is 18.6 Å². The Labute approximate surface area is 151 Å². The van der Waals surface area contributed by atoms with Crippen molar-refractivity contribution in [1.29, 1.82) is 0 Å². The van der Waals surface area contributed by atoms with Crippen LogP contribution in [0.25, 0.3) is 11.0 Å². The number of ether oxygens (including phenoxy) is 1. The predicted molar refractivity (Wildman–Crippen MR) is 97.7 cm³/mol. The molecule has 0 fully saturated rings. The minimum Gasteiger partial charge on any atom is -0.481 e. The Morgan fingerprint density at radius 2 is 2.08 bits per heavy atom. The van der Waals surface area contributed by atoms with E-state index < -0.39 is 17.9 Å². The molecule has 2 rings (SSSR count). The van der Waals surface area contributed by atoms with E-state index in [2.05, 4.69) is 16.9 Å². The van der Waals surface area contributed by atoms with E-state index >= 15 is 0 Å². The van der Waals surface area contributed by atoms with Crippen molar-refractivity contribution < 1.29 is 19.4 Å². The van der Waals surface area contributed by atoms with E-state index in [4.69, 9.17) is 4.74 Å². The van der Waals surface area contributed by atoms with Gasteiger partial charge in [-0.1, -0.05) is 50.1 Å². The first-order chi connectivity index (χ1) is 12.1. The number of benzene rings is 1. The van der Waals surface area contributed by atoms with Gasteiger partial charge in [0.05, 0.1) is 30.0 Å². The Morgan fingerprint density at radius 3 is 2.80 bits per heavy atom. The van der Waals surface area contributed by atoms with Gasteiger partial charge in [-0.25, -0.2) is 4.98 Å². The lowest BCUT2D eigenvalue weighted by Gasteiger charge is -2.11. The maximum atomic E-state index is 11.8. The predicted octanol–water partition coefficient (Wildman–Crippen LogP) is 3.87. The molecule has 1 aromatic heterocycles. The van der Waals surface area contributed by atoms with Gasteiger partial charge >= 0.3 is 11.9 Å². The van der Waals surface area contributed by atoms with Crippen LogP contribution >= 0.6 is 11.8 Å². The van der Waals surface area contributed by atoms with Crippen molar-refractivity contribution in [1.82, 2.24) is 9.97 Å². The first-order valence-electron chi connectivity index (χ1n) is 8.56. The minimum atomic E-state index is -0.994. The van der Waals surface area contributed by atoms with Crippen LogP contribution in [0.2, 0.25) is 0 Å². The quantitative estimate of drug-likeness (QED) is 0.357. The van der Waals surface area contributed by atoms with Gasteiger partial charge in [0.1, 0.15) is 0 Å². The largest absolute Gasteiger partial charge is 0.481 e. The van der Waals surface area contributed by atoms with Crippen LogP contribution in [0.3, 0.4) is 0 Å². The van der Waals surface area contributed by atoms with E-state index in [0.717, 1.165) is 36.7 Å². The zero-order valence-electron chi connectivity index (χ0n) is 14.4. The number of para-hydroxylation sites is 2. The topological polar surface area (TPSA) is 92.3 Å². The van der Waals surface area contributed by atoms with Gasteiger partial charge < -0.3 is 14.8 Å². The molecule has 0 aliphatic rings. The number of carboxylic acid groups (broad SMARTS) is 1. The Bertz CT molecular complexity index is 668. The molecule has 0 bridgehead atoms. The number of aromatic amines is 1. The molecule has 2 aromatic rings. The number of nitrogens with one attached hydrogen (secondary N) is 1. The molecule has 0 amide bonds. The van der Waals surface area contributed by atoms with E-state index in [1.54, 1.807) is 0 Å². The third-order valence-corrected chi connectivity index (χ3v) is 4.85. The Morgan fingerprint density at radius 1 is 1.28 bits per heavy atom. The van der Waals surface area contributed by atoms with Crippen molar-refractivity contribution in [2.24, 2.45) is 5.92 Å². The number of unbranched alkanes of at least 4 members (excludes halogenated alkanes) is 3. The number of aliphatic carboxylic acids is 1. The summed E-state index contributed by atoms with van der Waals surface area (Å²) < 4.78 is 5.13. The van der Waals surface area contributed by atoms with Gasteiger partial charge in [0.2, 0.25) is 0 Å². The number of carbonyl (C=O) groups excluding carboxylic acids is 1. The summed E-state index contributed by atoms with van der Waals surface area (Å²) in [5, 5.41) is 9.98. The molecule has 6 nitrogen and oxygen atoms in total. The van der Waals surface area contributed by atoms with Crippen molar-refractivity contribution in [2.45, 2.75) is 44.2 Å². The van der Waals surface area contributed by atoms with E-state index in [9.17, 15) is 14.7 Å². The molecule has 136 valence electrons. The SMILES string of the molecule is CCCCCCOC(=O)CC(CSc1nc2ccccc2[nH]1)C(=O)O. The summed E-state index contributed by atoms with van der Waals surface area (Å²) in [4.78, 5) is 30.8. The summed E-state index contributed by atoms with van der Waals surface area (Å²) in [5.74, 6) is -1.97. The summed E-state index contributed by atoms with van der Waals surface area (Å²) in [6, 6.07) is 7.61. The molecule has 1 heterocycles. The van der Waals surface area contributed by atoms with Crippen LogP contribution < -0.4 is 0 Å². The van der Waals surface area contributed by atoms with Crippen molar-refractivity contribution in [2.75, 3.05) is 12.4 Å². The van der Waals surface area contributed by atoms with Gasteiger partial charge in [-0.3, -0.25) is 9.59 Å². The molecule has 0 aliphatic carbocycles. The number of nitrogens with zero attached hydrogens (tertiary/aromatic N) is 1. The van der Waals surface area contributed by atoms with Crippen LogP contribution in [0.15, 0.2) is 29.4 Å². The second kappa shape index (κ2) is 10.1. The van der Waals surface area contributed by atoms with E-state index in [1.165, 1.54) is 11.8 Å². The molecule has 1 unspecified atom stereocenters.